The number of alkyl halides is 3. The predicted molar refractivity (Wildman–Crippen MR) is 66.2 cm³/mol. The zero-order chi connectivity index (χ0) is 13.9. The van der Waals surface area contributed by atoms with E-state index in [1.165, 1.54) is 6.07 Å². The molecule has 2 aromatic rings. The summed E-state index contributed by atoms with van der Waals surface area (Å²) in [5.74, 6) is 0.405. The molecule has 0 amide bonds. The highest BCUT2D eigenvalue weighted by Crippen LogP contribution is 2.31. The SMILES string of the molecule is CNCCOc1ccc2cc(C(F)(F)F)ccc2n1. The van der Waals surface area contributed by atoms with Crippen molar-refractivity contribution in [1.82, 2.24) is 10.3 Å². The number of halogens is 3. The van der Waals surface area contributed by atoms with Gasteiger partial charge in [0, 0.05) is 18.0 Å². The minimum atomic E-state index is -4.34. The Hall–Kier alpha value is -1.82. The maximum absolute atomic E-state index is 12.5. The van der Waals surface area contributed by atoms with E-state index in [2.05, 4.69) is 10.3 Å². The van der Waals surface area contributed by atoms with Gasteiger partial charge in [-0.1, -0.05) is 0 Å². The molecule has 1 aromatic heterocycles. The van der Waals surface area contributed by atoms with Crippen molar-refractivity contribution in [2.75, 3.05) is 20.2 Å². The van der Waals surface area contributed by atoms with Crippen LogP contribution in [0.25, 0.3) is 10.9 Å². The van der Waals surface area contributed by atoms with Crippen LogP contribution >= 0.6 is 0 Å². The van der Waals surface area contributed by atoms with E-state index in [0.717, 1.165) is 12.1 Å². The van der Waals surface area contributed by atoms with Gasteiger partial charge in [0.1, 0.15) is 6.61 Å². The summed E-state index contributed by atoms with van der Waals surface area (Å²) in [6.07, 6.45) is -4.34. The van der Waals surface area contributed by atoms with Gasteiger partial charge in [0.2, 0.25) is 5.88 Å². The van der Waals surface area contributed by atoms with E-state index in [4.69, 9.17) is 4.74 Å². The second-order valence-electron chi connectivity index (χ2n) is 4.01. The Kier molecular flexibility index (Phi) is 3.90. The Morgan fingerprint density at radius 1 is 1.21 bits per heavy atom. The van der Waals surface area contributed by atoms with Crippen molar-refractivity contribution in [2.45, 2.75) is 6.18 Å². The molecule has 1 N–H and O–H groups in total. The number of nitrogens with one attached hydrogen (secondary N) is 1. The lowest BCUT2D eigenvalue weighted by atomic mass is 10.1. The van der Waals surface area contributed by atoms with Gasteiger partial charge in [-0.2, -0.15) is 13.2 Å². The Balaban J connectivity index is 2.25. The number of likely N-dealkylation sites (N-methyl/N-ethyl adjacent to an activating group) is 1. The van der Waals surface area contributed by atoms with Crippen LogP contribution in [0.1, 0.15) is 5.56 Å². The predicted octanol–water partition coefficient (Wildman–Crippen LogP) is 2.85. The molecule has 6 heteroatoms. The van der Waals surface area contributed by atoms with Gasteiger partial charge < -0.3 is 10.1 Å². The second kappa shape index (κ2) is 5.44. The van der Waals surface area contributed by atoms with Crippen LogP contribution in [0.15, 0.2) is 30.3 Å². The minimum absolute atomic E-state index is 0.405. The van der Waals surface area contributed by atoms with Gasteiger partial charge in [0.15, 0.2) is 0 Å². The molecule has 19 heavy (non-hydrogen) atoms. The molecule has 1 aromatic carbocycles. The van der Waals surface area contributed by atoms with Gasteiger partial charge >= 0.3 is 6.18 Å². The lowest BCUT2D eigenvalue weighted by Crippen LogP contribution is -2.16. The van der Waals surface area contributed by atoms with Gasteiger partial charge in [0.25, 0.3) is 0 Å². The molecule has 0 saturated heterocycles. The Morgan fingerprint density at radius 3 is 2.68 bits per heavy atom. The van der Waals surface area contributed by atoms with Crippen LogP contribution in [-0.2, 0) is 6.18 Å². The van der Waals surface area contributed by atoms with Crippen molar-refractivity contribution in [1.29, 1.82) is 0 Å². The van der Waals surface area contributed by atoms with Gasteiger partial charge in [-0.3, -0.25) is 0 Å². The number of nitrogens with zero attached hydrogens (tertiary/aromatic N) is 1. The standard InChI is InChI=1S/C13H13F3N2O/c1-17-6-7-19-12-5-2-9-8-10(13(14,15)16)3-4-11(9)18-12/h2-5,8,17H,6-7H2,1H3. The second-order valence-corrected chi connectivity index (χ2v) is 4.01. The maximum Gasteiger partial charge on any atom is 0.416 e. The number of hydrogen-bond donors (Lipinski definition) is 1. The maximum atomic E-state index is 12.5. The monoisotopic (exact) mass is 270 g/mol. The van der Waals surface area contributed by atoms with Crippen LogP contribution in [-0.4, -0.2) is 25.2 Å². The molecular formula is C13H13F3N2O. The molecule has 0 unspecified atom stereocenters. The summed E-state index contributed by atoms with van der Waals surface area (Å²) in [5.41, 5.74) is -0.194. The third-order valence-electron chi connectivity index (χ3n) is 2.59. The first-order valence-electron chi connectivity index (χ1n) is 5.76. The fourth-order valence-corrected chi connectivity index (χ4v) is 1.62. The first kappa shape index (κ1) is 13.6. The van der Waals surface area contributed by atoms with Crippen LogP contribution in [0.5, 0.6) is 5.88 Å². The number of rotatable bonds is 4. The van der Waals surface area contributed by atoms with Crippen LogP contribution in [0, 0.1) is 0 Å². The van der Waals surface area contributed by atoms with Gasteiger partial charge in [-0.05, 0) is 31.3 Å². The first-order valence-corrected chi connectivity index (χ1v) is 5.76. The number of benzene rings is 1. The molecule has 0 aliphatic heterocycles. The normalized spacial score (nSPS) is 11.8. The van der Waals surface area contributed by atoms with E-state index in [-0.39, 0.29) is 0 Å². The van der Waals surface area contributed by atoms with Gasteiger partial charge in [0.05, 0.1) is 11.1 Å². The fourth-order valence-electron chi connectivity index (χ4n) is 1.62. The lowest BCUT2D eigenvalue weighted by Gasteiger charge is -2.09. The van der Waals surface area contributed by atoms with Crippen molar-refractivity contribution < 1.29 is 17.9 Å². The first-order chi connectivity index (χ1) is 9.00. The number of fused-ring (bicyclic) bond motifs is 1. The zero-order valence-corrected chi connectivity index (χ0v) is 10.3. The molecule has 0 atom stereocenters. The number of aromatic nitrogens is 1. The van der Waals surface area contributed by atoms with E-state index in [1.807, 2.05) is 0 Å². The number of pyridine rings is 1. The van der Waals surface area contributed by atoms with Crippen molar-refractivity contribution in [2.24, 2.45) is 0 Å². The number of ether oxygens (including phenoxy) is 1. The summed E-state index contributed by atoms with van der Waals surface area (Å²) in [6.45, 7) is 1.13. The van der Waals surface area contributed by atoms with E-state index in [1.54, 1.807) is 19.2 Å². The summed E-state index contributed by atoms with van der Waals surface area (Å²) in [5, 5.41) is 3.36. The third-order valence-corrected chi connectivity index (χ3v) is 2.59. The molecule has 0 aliphatic rings. The topological polar surface area (TPSA) is 34.1 Å². The van der Waals surface area contributed by atoms with Crippen molar-refractivity contribution in [3.05, 3.63) is 35.9 Å². The van der Waals surface area contributed by atoms with Crippen LogP contribution < -0.4 is 10.1 Å². The molecule has 2 rings (SSSR count). The highest BCUT2D eigenvalue weighted by molar-refractivity contribution is 5.80. The molecule has 3 nitrogen and oxygen atoms in total. The zero-order valence-electron chi connectivity index (χ0n) is 10.3. The Morgan fingerprint density at radius 2 is 2.00 bits per heavy atom. The van der Waals surface area contributed by atoms with E-state index < -0.39 is 11.7 Å². The minimum Gasteiger partial charge on any atom is -0.476 e. The number of hydrogen-bond acceptors (Lipinski definition) is 3. The molecular weight excluding hydrogens is 257 g/mol. The largest absolute Gasteiger partial charge is 0.476 e. The average Bonchev–Trinajstić information content (AvgIpc) is 2.37. The van der Waals surface area contributed by atoms with Crippen LogP contribution in [0.4, 0.5) is 13.2 Å². The summed E-state index contributed by atoms with van der Waals surface area (Å²) < 4.78 is 43.0. The lowest BCUT2D eigenvalue weighted by molar-refractivity contribution is -0.137. The summed E-state index contributed by atoms with van der Waals surface area (Å²) in [6, 6.07) is 6.60. The Bertz CT molecular complexity index is 569. The van der Waals surface area contributed by atoms with Crippen molar-refractivity contribution >= 4 is 10.9 Å². The molecule has 0 spiro atoms. The highest BCUT2D eigenvalue weighted by atomic mass is 19.4. The van der Waals surface area contributed by atoms with Crippen LogP contribution in [0.2, 0.25) is 0 Å². The van der Waals surface area contributed by atoms with E-state index in [9.17, 15) is 13.2 Å². The molecule has 0 fully saturated rings. The average molecular weight is 270 g/mol. The molecule has 1 heterocycles. The molecule has 0 aliphatic carbocycles. The van der Waals surface area contributed by atoms with Crippen LogP contribution in [0.3, 0.4) is 0 Å². The van der Waals surface area contributed by atoms with E-state index in [0.29, 0.717) is 29.9 Å². The highest BCUT2D eigenvalue weighted by Gasteiger charge is 2.30. The summed E-state index contributed by atoms with van der Waals surface area (Å²) in [7, 11) is 1.80. The molecule has 102 valence electrons. The third kappa shape index (κ3) is 3.35. The van der Waals surface area contributed by atoms with Gasteiger partial charge in [-0.15, -0.1) is 0 Å². The summed E-state index contributed by atoms with van der Waals surface area (Å²) in [4.78, 5) is 4.15. The van der Waals surface area contributed by atoms with Crippen molar-refractivity contribution in [3.8, 4) is 5.88 Å². The quantitative estimate of drug-likeness (QED) is 0.867. The summed E-state index contributed by atoms with van der Waals surface area (Å²) >= 11 is 0. The molecule has 0 radical (unpaired) electrons. The fraction of sp³-hybridized carbons (Fsp3) is 0.308. The van der Waals surface area contributed by atoms with Gasteiger partial charge in [-0.25, -0.2) is 4.98 Å². The van der Waals surface area contributed by atoms with Crippen molar-refractivity contribution in [3.63, 3.8) is 0 Å². The smallest absolute Gasteiger partial charge is 0.416 e. The molecule has 0 bridgehead atoms. The molecule has 0 saturated carbocycles. The Labute approximate surface area is 108 Å². The van der Waals surface area contributed by atoms with E-state index >= 15 is 0 Å².